The van der Waals surface area contributed by atoms with Gasteiger partial charge in [-0.25, -0.2) is 8.42 Å². The zero-order chi connectivity index (χ0) is 20.1. The van der Waals surface area contributed by atoms with Crippen molar-refractivity contribution in [3.8, 4) is 5.75 Å². The highest BCUT2D eigenvalue weighted by atomic mass is 35.5. The fraction of sp³-hybridized carbons (Fsp3) is 0.455. The number of nitrogens with zero attached hydrogens (tertiary/aromatic N) is 1. The summed E-state index contributed by atoms with van der Waals surface area (Å²) in [5.41, 5.74) is 4.04. The van der Waals surface area contributed by atoms with Gasteiger partial charge in [-0.1, -0.05) is 25.5 Å². The number of anilines is 1. The normalized spacial score (nSPS) is 14.4. The van der Waals surface area contributed by atoms with Crippen LogP contribution in [-0.2, 0) is 29.3 Å². The maximum absolute atomic E-state index is 13.1. The van der Waals surface area contributed by atoms with Crippen LogP contribution in [0.25, 0.3) is 0 Å². The van der Waals surface area contributed by atoms with E-state index in [1.54, 1.807) is 6.07 Å². The summed E-state index contributed by atoms with van der Waals surface area (Å²) in [5.74, 6) is 0.398. The zero-order valence-electron chi connectivity index (χ0n) is 17.4. The van der Waals surface area contributed by atoms with Crippen molar-refractivity contribution < 1.29 is 13.2 Å². The van der Waals surface area contributed by atoms with Crippen LogP contribution in [0, 0.1) is 0 Å². The molecular formula is C22H31ClN2O3S. The van der Waals surface area contributed by atoms with E-state index in [4.69, 9.17) is 4.74 Å². The number of rotatable bonds is 7. The van der Waals surface area contributed by atoms with E-state index in [9.17, 15) is 8.42 Å². The van der Waals surface area contributed by atoms with E-state index in [1.165, 1.54) is 18.2 Å². The molecule has 1 aliphatic rings. The van der Waals surface area contributed by atoms with Crippen molar-refractivity contribution in [2.24, 2.45) is 0 Å². The largest absolute Gasteiger partial charge is 0.495 e. The Kier molecular flexibility index (Phi) is 8.37. The quantitative estimate of drug-likeness (QED) is 0.700. The van der Waals surface area contributed by atoms with Gasteiger partial charge < -0.3 is 9.64 Å². The van der Waals surface area contributed by atoms with Gasteiger partial charge in [0.2, 0.25) is 0 Å². The number of fused-ring (bicyclic) bond motifs is 1. The van der Waals surface area contributed by atoms with Gasteiger partial charge in [0.05, 0.1) is 7.11 Å². The van der Waals surface area contributed by atoms with E-state index >= 15 is 0 Å². The van der Waals surface area contributed by atoms with Gasteiger partial charge in [-0.15, -0.1) is 12.4 Å². The maximum atomic E-state index is 13.1. The molecule has 0 aromatic heterocycles. The second-order valence-corrected chi connectivity index (χ2v) is 9.13. The molecule has 160 valence electrons. The third-order valence-electron chi connectivity index (χ3n) is 5.33. The van der Waals surface area contributed by atoms with E-state index in [2.05, 4.69) is 23.6 Å². The van der Waals surface area contributed by atoms with Gasteiger partial charge in [-0.2, -0.15) is 0 Å². The van der Waals surface area contributed by atoms with Crippen LogP contribution in [-0.4, -0.2) is 40.6 Å². The Morgan fingerprint density at radius 2 is 1.69 bits per heavy atom. The van der Waals surface area contributed by atoms with E-state index in [1.807, 2.05) is 30.3 Å². The van der Waals surface area contributed by atoms with Crippen molar-refractivity contribution in [3.63, 3.8) is 0 Å². The van der Waals surface area contributed by atoms with Gasteiger partial charge in [-0.05, 0) is 73.7 Å². The first kappa shape index (κ1) is 23.5. The van der Waals surface area contributed by atoms with Crippen LogP contribution < -0.4 is 9.46 Å². The molecule has 29 heavy (non-hydrogen) atoms. The Morgan fingerprint density at radius 1 is 1.07 bits per heavy atom. The lowest BCUT2D eigenvalue weighted by Crippen LogP contribution is -2.20. The summed E-state index contributed by atoms with van der Waals surface area (Å²) in [7, 11) is -0.124. The SMILES string of the molecule is CCCCc1ccc(NS(=O)(=O)c2cc3c(cc2OC)CCN(C)CC3)cc1.Cl. The Hall–Kier alpha value is -1.76. The van der Waals surface area contributed by atoms with Gasteiger partial charge >= 0.3 is 0 Å². The number of nitrogens with one attached hydrogen (secondary N) is 1. The molecule has 3 rings (SSSR count). The van der Waals surface area contributed by atoms with Gasteiger partial charge in [0.25, 0.3) is 10.0 Å². The molecule has 1 N–H and O–H groups in total. The van der Waals surface area contributed by atoms with Crippen LogP contribution in [0.15, 0.2) is 41.3 Å². The molecule has 0 atom stereocenters. The monoisotopic (exact) mass is 438 g/mol. The average molecular weight is 439 g/mol. The highest BCUT2D eigenvalue weighted by Gasteiger charge is 2.23. The van der Waals surface area contributed by atoms with Crippen molar-refractivity contribution in [2.45, 2.75) is 43.9 Å². The Morgan fingerprint density at radius 3 is 2.28 bits per heavy atom. The third kappa shape index (κ3) is 5.87. The van der Waals surface area contributed by atoms with Crippen LogP contribution in [0.1, 0.15) is 36.5 Å². The van der Waals surface area contributed by atoms with E-state index in [-0.39, 0.29) is 17.3 Å². The van der Waals surface area contributed by atoms with Crippen molar-refractivity contribution in [2.75, 3.05) is 32.0 Å². The van der Waals surface area contributed by atoms with Gasteiger partial charge in [0.15, 0.2) is 0 Å². The molecule has 0 saturated heterocycles. The topological polar surface area (TPSA) is 58.6 Å². The van der Waals surface area contributed by atoms with Crippen LogP contribution >= 0.6 is 12.4 Å². The number of ether oxygens (including phenoxy) is 1. The Balaban J connectivity index is 0.00000300. The minimum atomic E-state index is -3.73. The molecule has 0 spiro atoms. The maximum Gasteiger partial charge on any atom is 0.265 e. The second kappa shape index (κ2) is 10.3. The number of hydrogen-bond donors (Lipinski definition) is 1. The molecule has 0 radical (unpaired) electrons. The van der Waals surface area contributed by atoms with Crippen molar-refractivity contribution in [1.82, 2.24) is 4.90 Å². The van der Waals surface area contributed by atoms with Crippen LogP contribution in [0.2, 0.25) is 0 Å². The molecule has 0 bridgehead atoms. The summed E-state index contributed by atoms with van der Waals surface area (Å²) in [5, 5.41) is 0. The lowest BCUT2D eigenvalue weighted by atomic mass is 10.0. The van der Waals surface area contributed by atoms with E-state index < -0.39 is 10.0 Å². The average Bonchev–Trinajstić information content (AvgIpc) is 2.87. The molecule has 5 nitrogen and oxygen atoms in total. The summed E-state index contributed by atoms with van der Waals surface area (Å²) >= 11 is 0. The Bertz CT molecular complexity index is 914. The first-order valence-corrected chi connectivity index (χ1v) is 11.4. The summed E-state index contributed by atoms with van der Waals surface area (Å²) in [6, 6.07) is 11.3. The highest BCUT2D eigenvalue weighted by Crippen LogP contribution is 2.31. The number of methoxy groups -OCH3 is 1. The molecule has 2 aromatic carbocycles. The van der Waals surface area contributed by atoms with Crippen molar-refractivity contribution in [3.05, 3.63) is 53.1 Å². The standard InChI is InChI=1S/C22H30N2O3S.ClH/c1-4-5-6-17-7-9-20(10-8-17)23-28(25,26)22-16-19-12-14-24(2)13-11-18(19)15-21(22)27-3;/h7-10,15-16,23H,4-6,11-14H2,1-3H3;1H. The fourth-order valence-electron chi connectivity index (χ4n) is 3.54. The van der Waals surface area contributed by atoms with Crippen LogP contribution in [0.3, 0.4) is 0 Å². The van der Waals surface area contributed by atoms with Gasteiger partial charge in [0.1, 0.15) is 10.6 Å². The predicted molar refractivity (Wildman–Crippen MR) is 121 cm³/mol. The molecular weight excluding hydrogens is 408 g/mol. The highest BCUT2D eigenvalue weighted by molar-refractivity contribution is 7.92. The molecule has 0 amide bonds. The number of benzene rings is 2. The molecule has 1 aliphatic heterocycles. The molecule has 0 aliphatic carbocycles. The summed E-state index contributed by atoms with van der Waals surface area (Å²) in [6.45, 7) is 4.05. The first-order chi connectivity index (χ1) is 13.4. The van der Waals surface area contributed by atoms with E-state index in [0.717, 1.165) is 50.8 Å². The fourth-order valence-corrected chi connectivity index (χ4v) is 4.80. The van der Waals surface area contributed by atoms with Crippen molar-refractivity contribution in [1.29, 1.82) is 0 Å². The predicted octanol–water partition coefficient (Wildman–Crippen LogP) is 4.29. The zero-order valence-corrected chi connectivity index (χ0v) is 19.0. The second-order valence-electron chi connectivity index (χ2n) is 7.48. The number of unbranched alkanes of at least 4 members (excludes halogenated alkanes) is 1. The van der Waals surface area contributed by atoms with Gasteiger partial charge in [-0.3, -0.25) is 4.72 Å². The van der Waals surface area contributed by atoms with Crippen molar-refractivity contribution >= 4 is 28.1 Å². The molecule has 7 heteroatoms. The molecule has 0 unspecified atom stereocenters. The number of likely N-dealkylation sites (N-methyl/N-ethyl adjacent to an activating group) is 1. The summed E-state index contributed by atoms with van der Waals surface area (Å²) in [4.78, 5) is 2.47. The number of halogens is 1. The minimum Gasteiger partial charge on any atom is -0.495 e. The molecule has 1 heterocycles. The van der Waals surface area contributed by atoms with Gasteiger partial charge in [0, 0.05) is 18.8 Å². The smallest absolute Gasteiger partial charge is 0.265 e. The lowest BCUT2D eigenvalue weighted by Gasteiger charge is -2.15. The number of hydrogen-bond acceptors (Lipinski definition) is 4. The van der Waals surface area contributed by atoms with Crippen LogP contribution in [0.5, 0.6) is 5.75 Å². The minimum absolute atomic E-state index is 0. The summed E-state index contributed by atoms with van der Waals surface area (Å²) in [6.07, 6.45) is 5.02. The molecule has 2 aromatic rings. The first-order valence-electron chi connectivity index (χ1n) is 9.93. The molecule has 0 saturated carbocycles. The number of sulfonamides is 1. The van der Waals surface area contributed by atoms with Crippen LogP contribution in [0.4, 0.5) is 5.69 Å². The number of aryl methyl sites for hydroxylation is 1. The molecule has 0 fully saturated rings. The third-order valence-corrected chi connectivity index (χ3v) is 6.73. The summed E-state index contributed by atoms with van der Waals surface area (Å²) < 4.78 is 34.3. The van der Waals surface area contributed by atoms with E-state index in [0.29, 0.717) is 11.4 Å². The lowest BCUT2D eigenvalue weighted by molar-refractivity contribution is 0.352. The Labute approximate surface area is 180 Å².